The second kappa shape index (κ2) is 4.67. The van der Waals surface area contributed by atoms with Gasteiger partial charge in [-0.1, -0.05) is 17.5 Å². The van der Waals surface area contributed by atoms with Crippen LogP contribution >= 0.6 is 11.6 Å². The highest BCUT2D eigenvalue weighted by molar-refractivity contribution is 6.32. The van der Waals surface area contributed by atoms with Gasteiger partial charge in [-0.05, 0) is 6.07 Å². The van der Waals surface area contributed by atoms with Gasteiger partial charge in [0, 0.05) is 7.05 Å². The Hall–Kier alpha value is -1.73. The van der Waals surface area contributed by atoms with Crippen molar-refractivity contribution in [3.8, 4) is 12.3 Å². The summed E-state index contributed by atoms with van der Waals surface area (Å²) in [4.78, 5) is 16.9. The fourth-order valence-electron chi connectivity index (χ4n) is 1.03. The van der Waals surface area contributed by atoms with Gasteiger partial charge < -0.3 is 10.6 Å². The highest BCUT2D eigenvalue weighted by Crippen LogP contribution is 2.16. The topological polar surface area (TPSA) is 59.2 Å². The first-order valence-electron chi connectivity index (χ1n) is 4.16. The maximum atomic E-state index is 11.8. The number of anilines is 1. The van der Waals surface area contributed by atoms with Crippen molar-refractivity contribution in [2.75, 3.05) is 19.3 Å². The first kappa shape index (κ1) is 11.3. The number of terminal acetylenes is 1. The van der Waals surface area contributed by atoms with Gasteiger partial charge in [-0.2, -0.15) is 0 Å². The molecule has 15 heavy (non-hydrogen) atoms. The predicted molar refractivity (Wildman–Crippen MR) is 59.5 cm³/mol. The number of hydrogen-bond donors (Lipinski definition) is 1. The summed E-state index contributed by atoms with van der Waals surface area (Å²) in [6.45, 7) is 0.212. The highest BCUT2D eigenvalue weighted by atomic mass is 35.5. The number of nitrogens with two attached hydrogens (primary N) is 1. The normalized spacial score (nSPS) is 9.40. The Bertz CT molecular complexity index is 425. The second-order valence-electron chi connectivity index (χ2n) is 2.97. The van der Waals surface area contributed by atoms with E-state index < -0.39 is 0 Å². The van der Waals surface area contributed by atoms with E-state index in [1.54, 1.807) is 7.05 Å². The van der Waals surface area contributed by atoms with Crippen molar-refractivity contribution in [1.82, 2.24) is 9.88 Å². The molecule has 0 radical (unpaired) electrons. The molecule has 0 aromatic carbocycles. The van der Waals surface area contributed by atoms with E-state index in [-0.39, 0.29) is 23.2 Å². The van der Waals surface area contributed by atoms with Crippen LogP contribution < -0.4 is 5.73 Å². The number of aromatic nitrogens is 1. The number of carbonyl (C=O) groups is 1. The van der Waals surface area contributed by atoms with Crippen LogP contribution in [0.1, 0.15) is 10.4 Å². The Balaban J connectivity index is 3.01. The van der Waals surface area contributed by atoms with E-state index >= 15 is 0 Å². The molecule has 1 amide bonds. The number of carbonyl (C=O) groups excluding carboxylic acids is 1. The van der Waals surface area contributed by atoms with Crippen LogP contribution in [0, 0.1) is 12.3 Å². The van der Waals surface area contributed by atoms with Crippen molar-refractivity contribution in [1.29, 1.82) is 0 Å². The number of rotatable bonds is 2. The predicted octanol–water partition coefficient (Wildman–Crippen LogP) is 1.02. The summed E-state index contributed by atoms with van der Waals surface area (Å²) >= 11 is 5.77. The van der Waals surface area contributed by atoms with Gasteiger partial charge in [-0.15, -0.1) is 6.42 Å². The molecule has 0 fully saturated rings. The summed E-state index contributed by atoms with van der Waals surface area (Å²) in [5.41, 5.74) is 6.15. The average molecular weight is 224 g/mol. The number of pyridine rings is 1. The smallest absolute Gasteiger partial charge is 0.257 e. The summed E-state index contributed by atoms with van der Waals surface area (Å²) in [5, 5.41) is 0.123. The third-order valence-electron chi connectivity index (χ3n) is 1.77. The molecule has 0 saturated carbocycles. The quantitative estimate of drug-likeness (QED) is 0.602. The van der Waals surface area contributed by atoms with Crippen molar-refractivity contribution < 1.29 is 4.79 Å². The molecule has 0 atom stereocenters. The van der Waals surface area contributed by atoms with E-state index in [9.17, 15) is 4.79 Å². The lowest BCUT2D eigenvalue weighted by atomic mass is 10.2. The molecule has 4 nitrogen and oxygen atoms in total. The minimum absolute atomic E-state index is 0.123. The minimum Gasteiger partial charge on any atom is -0.397 e. The maximum Gasteiger partial charge on any atom is 0.257 e. The van der Waals surface area contributed by atoms with E-state index in [2.05, 4.69) is 10.9 Å². The van der Waals surface area contributed by atoms with Crippen LogP contribution in [0.25, 0.3) is 0 Å². The van der Waals surface area contributed by atoms with Crippen LogP contribution in [0.4, 0.5) is 5.69 Å². The Kier molecular flexibility index (Phi) is 3.53. The maximum absolute atomic E-state index is 11.8. The number of halogens is 1. The van der Waals surface area contributed by atoms with E-state index in [0.29, 0.717) is 5.69 Å². The summed E-state index contributed by atoms with van der Waals surface area (Å²) in [6, 6.07) is 1.48. The standard InChI is InChI=1S/C10H10ClN3O/c1-3-4-14(2)10(15)8-5-7(12)6-13-9(8)11/h1,5-6H,4,12H2,2H3. The second-order valence-corrected chi connectivity index (χ2v) is 3.33. The van der Waals surface area contributed by atoms with Crippen molar-refractivity contribution >= 4 is 23.2 Å². The SMILES string of the molecule is C#CCN(C)C(=O)c1cc(N)cnc1Cl. The van der Waals surface area contributed by atoms with Gasteiger partial charge in [0.05, 0.1) is 24.0 Å². The number of amides is 1. The van der Waals surface area contributed by atoms with Crippen LogP contribution in [0.2, 0.25) is 5.15 Å². The molecule has 0 unspecified atom stereocenters. The molecule has 5 heteroatoms. The Morgan fingerprint density at radius 2 is 2.47 bits per heavy atom. The third kappa shape index (κ3) is 2.61. The van der Waals surface area contributed by atoms with Crippen LogP contribution in [-0.4, -0.2) is 29.4 Å². The molecule has 0 bridgehead atoms. The lowest BCUT2D eigenvalue weighted by molar-refractivity contribution is 0.0812. The van der Waals surface area contributed by atoms with Gasteiger partial charge in [0.25, 0.3) is 5.91 Å². The molecule has 0 aliphatic carbocycles. The van der Waals surface area contributed by atoms with Crippen molar-refractivity contribution in [3.63, 3.8) is 0 Å². The Morgan fingerprint density at radius 1 is 1.80 bits per heavy atom. The molecule has 0 aliphatic heterocycles. The highest BCUT2D eigenvalue weighted by Gasteiger charge is 2.15. The number of nitrogen functional groups attached to an aromatic ring is 1. The third-order valence-corrected chi connectivity index (χ3v) is 2.07. The fraction of sp³-hybridized carbons (Fsp3) is 0.200. The van der Waals surface area contributed by atoms with Crippen molar-refractivity contribution in [2.45, 2.75) is 0 Å². The summed E-state index contributed by atoms with van der Waals surface area (Å²) in [7, 11) is 1.59. The molecule has 1 aromatic heterocycles. The van der Waals surface area contributed by atoms with Crippen LogP contribution in [0.3, 0.4) is 0 Å². The molecular weight excluding hydrogens is 214 g/mol. The zero-order chi connectivity index (χ0) is 11.4. The van der Waals surface area contributed by atoms with Gasteiger partial charge in [-0.25, -0.2) is 4.98 Å². The van der Waals surface area contributed by atoms with Crippen molar-refractivity contribution in [3.05, 3.63) is 23.0 Å². The molecule has 2 N–H and O–H groups in total. The first-order valence-corrected chi connectivity index (χ1v) is 4.54. The first-order chi connectivity index (χ1) is 7.06. The summed E-state index contributed by atoms with van der Waals surface area (Å²) < 4.78 is 0. The summed E-state index contributed by atoms with van der Waals surface area (Å²) in [5.74, 6) is 2.07. The van der Waals surface area contributed by atoms with Gasteiger partial charge in [-0.3, -0.25) is 4.79 Å². The number of nitrogens with zero attached hydrogens (tertiary/aromatic N) is 2. The lowest BCUT2D eigenvalue weighted by Gasteiger charge is -2.14. The van der Waals surface area contributed by atoms with Gasteiger partial charge in [0.2, 0.25) is 0 Å². The molecule has 1 aromatic rings. The van der Waals surface area contributed by atoms with Gasteiger partial charge >= 0.3 is 0 Å². The van der Waals surface area contributed by atoms with Crippen molar-refractivity contribution in [2.24, 2.45) is 0 Å². The van der Waals surface area contributed by atoms with E-state index in [1.807, 2.05) is 0 Å². The Labute approximate surface area is 93.0 Å². The molecule has 0 spiro atoms. The fourth-order valence-corrected chi connectivity index (χ4v) is 1.21. The van der Waals surface area contributed by atoms with Gasteiger partial charge in [0.15, 0.2) is 0 Å². The molecule has 1 heterocycles. The molecule has 0 aliphatic rings. The van der Waals surface area contributed by atoms with E-state index in [4.69, 9.17) is 23.8 Å². The molecule has 1 rings (SSSR count). The number of hydrogen-bond acceptors (Lipinski definition) is 3. The van der Waals surface area contributed by atoms with Gasteiger partial charge in [0.1, 0.15) is 5.15 Å². The van der Waals surface area contributed by atoms with Crippen LogP contribution in [0.5, 0.6) is 0 Å². The zero-order valence-corrected chi connectivity index (χ0v) is 8.95. The van der Waals surface area contributed by atoms with Crippen LogP contribution in [0.15, 0.2) is 12.3 Å². The van der Waals surface area contributed by atoms with E-state index in [1.165, 1.54) is 17.2 Å². The average Bonchev–Trinajstić information content (AvgIpc) is 2.21. The van der Waals surface area contributed by atoms with Crippen LogP contribution in [-0.2, 0) is 0 Å². The molecular formula is C10H10ClN3O. The monoisotopic (exact) mass is 223 g/mol. The van der Waals surface area contributed by atoms with E-state index in [0.717, 1.165) is 0 Å². The molecule has 78 valence electrons. The lowest BCUT2D eigenvalue weighted by Crippen LogP contribution is -2.27. The molecule has 0 saturated heterocycles. The Morgan fingerprint density at radius 3 is 3.07 bits per heavy atom. The largest absolute Gasteiger partial charge is 0.397 e. The minimum atomic E-state index is -0.294. The zero-order valence-electron chi connectivity index (χ0n) is 8.20. The summed E-state index contributed by atoms with van der Waals surface area (Å²) in [6.07, 6.45) is 6.49.